The van der Waals surface area contributed by atoms with Crippen LogP contribution in [-0.4, -0.2) is 62.8 Å². The molecule has 0 bridgehead atoms. The second-order valence-electron chi connectivity index (χ2n) is 6.42. The summed E-state index contributed by atoms with van der Waals surface area (Å²) in [6.07, 6.45) is 1.63. The number of amides is 2. The molecule has 0 unspecified atom stereocenters. The molecule has 6 heteroatoms. The fourth-order valence-corrected chi connectivity index (χ4v) is 3.67. The van der Waals surface area contributed by atoms with Crippen molar-refractivity contribution in [2.45, 2.75) is 31.9 Å². The first kappa shape index (κ1) is 16.9. The number of fused-ring (bicyclic) bond motifs is 1. The fraction of sp³-hybridized carbons (Fsp3) is 0.556. The molecule has 0 aromatic heterocycles. The predicted molar refractivity (Wildman–Crippen MR) is 90.3 cm³/mol. The highest BCUT2D eigenvalue weighted by Crippen LogP contribution is 2.30. The van der Waals surface area contributed by atoms with Crippen molar-refractivity contribution in [2.24, 2.45) is 0 Å². The third-order valence-electron chi connectivity index (χ3n) is 4.93. The monoisotopic (exact) mass is 332 g/mol. The highest BCUT2D eigenvalue weighted by atomic mass is 16.5. The number of rotatable bonds is 4. The van der Waals surface area contributed by atoms with Crippen LogP contribution in [0.2, 0.25) is 0 Å². The molecule has 24 heavy (non-hydrogen) atoms. The van der Waals surface area contributed by atoms with Crippen LogP contribution in [0.25, 0.3) is 0 Å². The molecule has 1 fully saturated rings. The zero-order chi connectivity index (χ0) is 17.3. The Morgan fingerprint density at radius 2 is 2.08 bits per heavy atom. The van der Waals surface area contributed by atoms with Crippen LogP contribution in [0, 0.1) is 0 Å². The Hall–Kier alpha value is -1.92. The van der Waals surface area contributed by atoms with Gasteiger partial charge < -0.3 is 19.3 Å². The first-order chi connectivity index (χ1) is 11.5. The van der Waals surface area contributed by atoms with Crippen molar-refractivity contribution in [2.75, 3.05) is 38.8 Å². The van der Waals surface area contributed by atoms with Gasteiger partial charge in [0.25, 0.3) is 5.91 Å². The van der Waals surface area contributed by atoms with Gasteiger partial charge in [-0.25, -0.2) is 0 Å². The van der Waals surface area contributed by atoms with Crippen molar-refractivity contribution in [3.63, 3.8) is 0 Å². The summed E-state index contributed by atoms with van der Waals surface area (Å²) in [5, 5.41) is 0. The molecule has 0 saturated carbocycles. The third-order valence-corrected chi connectivity index (χ3v) is 4.93. The summed E-state index contributed by atoms with van der Waals surface area (Å²) in [5.74, 6) is 0.0381. The van der Waals surface area contributed by atoms with Crippen LogP contribution in [0.5, 0.6) is 0 Å². The van der Waals surface area contributed by atoms with E-state index in [1.54, 1.807) is 26.0 Å². The van der Waals surface area contributed by atoms with Gasteiger partial charge >= 0.3 is 0 Å². The Kier molecular flexibility index (Phi) is 4.87. The molecule has 0 radical (unpaired) electrons. The standard InChI is InChI=1S/C18H24N2O4/c1-12(21)19-7-6-13-8-14(4-5-17(13)19)18(22)20-10-16(24-3)9-15(20)11-23-2/h4-5,8,15-16H,6-7,9-11H2,1-3H3/t15-,16-/m0/s1. The lowest BCUT2D eigenvalue weighted by molar-refractivity contribution is -0.116. The Morgan fingerprint density at radius 3 is 2.75 bits per heavy atom. The number of benzene rings is 1. The van der Waals surface area contributed by atoms with Crippen LogP contribution in [0.3, 0.4) is 0 Å². The minimum Gasteiger partial charge on any atom is -0.383 e. The average Bonchev–Trinajstić information content (AvgIpc) is 3.17. The lowest BCUT2D eigenvalue weighted by Gasteiger charge is -2.24. The molecule has 2 heterocycles. The van der Waals surface area contributed by atoms with Gasteiger partial charge in [0.1, 0.15) is 0 Å². The predicted octanol–water partition coefficient (Wildman–Crippen LogP) is 1.47. The Morgan fingerprint density at radius 1 is 1.29 bits per heavy atom. The van der Waals surface area contributed by atoms with Crippen LogP contribution >= 0.6 is 0 Å². The maximum atomic E-state index is 12.9. The van der Waals surface area contributed by atoms with Gasteiger partial charge in [0, 0.05) is 45.5 Å². The normalized spacial score (nSPS) is 22.8. The van der Waals surface area contributed by atoms with Gasteiger partial charge in [0.2, 0.25) is 5.91 Å². The number of likely N-dealkylation sites (tertiary alicyclic amines) is 1. The first-order valence-electron chi connectivity index (χ1n) is 8.29. The van der Waals surface area contributed by atoms with Crippen molar-refractivity contribution in [3.05, 3.63) is 29.3 Å². The van der Waals surface area contributed by atoms with Crippen LogP contribution < -0.4 is 4.90 Å². The van der Waals surface area contributed by atoms with Crippen molar-refractivity contribution < 1.29 is 19.1 Å². The minimum atomic E-state index is 0.000625. The van der Waals surface area contributed by atoms with E-state index < -0.39 is 0 Å². The zero-order valence-corrected chi connectivity index (χ0v) is 14.4. The van der Waals surface area contributed by atoms with E-state index in [0.717, 1.165) is 24.1 Å². The van der Waals surface area contributed by atoms with E-state index in [9.17, 15) is 9.59 Å². The molecule has 1 aromatic carbocycles. The van der Waals surface area contributed by atoms with Crippen LogP contribution in [-0.2, 0) is 20.7 Å². The lowest BCUT2D eigenvalue weighted by Crippen LogP contribution is -2.38. The number of hydrogen-bond acceptors (Lipinski definition) is 4. The maximum Gasteiger partial charge on any atom is 0.254 e. The quantitative estimate of drug-likeness (QED) is 0.838. The number of anilines is 1. The Balaban J connectivity index is 1.81. The van der Waals surface area contributed by atoms with Crippen molar-refractivity contribution >= 4 is 17.5 Å². The lowest BCUT2D eigenvalue weighted by atomic mass is 10.1. The Labute approximate surface area is 142 Å². The van der Waals surface area contributed by atoms with Gasteiger partial charge in [-0.05, 0) is 36.6 Å². The minimum absolute atomic E-state index is 0.000625. The second-order valence-corrected chi connectivity index (χ2v) is 6.42. The summed E-state index contributed by atoms with van der Waals surface area (Å²) in [6, 6.07) is 5.65. The molecule has 1 saturated heterocycles. The van der Waals surface area contributed by atoms with E-state index in [4.69, 9.17) is 9.47 Å². The molecule has 2 atom stereocenters. The highest BCUT2D eigenvalue weighted by molar-refractivity contribution is 5.98. The summed E-state index contributed by atoms with van der Waals surface area (Å²) >= 11 is 0. The van der Waals surface area contributed by atoms with E-state index in [1.165, 1.54) is 0 Å². The fourth-order valence-electron chi connectivity index (χ4n) is 3.67. The van der Waals surface area contributed by atoms with E-state index in [-0.39, 0.29) is 24.0 Å². The van der Waals surface area contributed by atoms with Gasteiger partial charge in [0.05, 0.1) is 18.8 Å². The van der Waals surface area contributed by atoms with Crippen LogP contribution in [0.1, 0.15) is 29.3 Å². The molecule has 0 N–H and O–H groups in total. The largest absolute Gasteiger partial charge is 0.383 e. The van der Waals surface area contributed by atoms with E-state index in [0.29, 0.717) is 25.3 Å². The molecule has 0 spiro atoms. The number of nitrogens with zero attached hydrogens (tertiary/aromatic N) is 2. The molecule has 2 amide bonds. The smallest absolute Gasteiger partial charge is 0.254 e. The summed E-state index contributed by atoms with van der Waals surface area (Å²) in [4.78, 5) is 28.2. The molecular formula is C18H24N2O4. The van der Waals surface area contributed by atoms with Crippen molar-refractivity contribution in [1.82, 2.24) is 4.90 Å². The topological polar surface area (TPSA) is 59.1 Å². The molecule has 6 nitrogen and oxygen atoms in total. The number of carbonyl (C=O) groups is 2. The molecular weight excluding hydrogens is 308 g/mol. The number of methoxy groups -OCH3 is 2. The van der Waals surface area contributed by atoms with E-state index >= 15 is 0 Å². The van der Waals surface area contributed by atoms with E-state index in [1.807, 2.05) is 23.1 Å². The number of carbonyl (C=O) groups excluding carboxylic acids is 2. The summed E-state index contributed by atoms with van der Waals surface area (Å²) < 4.78 is 10.7. The summed E-state index contributed by atoms with van der Waals surface area (Å²) in [6.45, 7) is 3.34. The molecule has 2 aliphatic rings. The van der Waals surface area contributed by atoms with Crippen LogP contribution in [0.15, 0.2) is 18.2 Å². The van der Waals surface area contributed by atoms with Gasteiger partial charge in [-0.1, -0.05) is 0 Å². The summed E-state index contributed by atoms with van der Waals surface area (Å²) in [5.41, 5.74) is 2.64. The molecule has 3 rings (SSSR count). The van der Waals surface area contributed by atoms with Crippen LogP contribution in [0.4, 0.5) is 5.69 Å². The summed E-state index contributed by atoms with van der Waals surface area (Å²) in [7, 11) is 3.32. The molecule has 130 valence electrons. The molecule has 0 aliphatic carbocycles. The van der Waals surface area contributed by atoms with Gasteiger partial charge in [-0.15, -0.1) is 0 Å². The molecule has 1 aromatic rings. The highest BCUT2D eigenvalue weighted by Gasteiger charge is 2.36. The third kappa shape index (κ3) is 3.03. The second kappa shape index (κ2) is 6.91. The molecule has 2 aliphatic heterocycles. The SMILES string of the molecule is COC[C@@H]1C[C@H](OC)CN1C(=O)c1ccc2c(c1)CCN2C(C)=O. The number of ether oxygens (including phenoxy) is 2. The van der Waals surface area contributed by atoms with Crippen molar-refractivity contribution in [3.8, 4) is 0 Å². The average molecular weight is 332 g/mol. The zero-order valence-electron chi connectivity index (χ0n) is 14.4. The Bertz CT molecular complexity index is 646. The first-order valence-corrected chi connectivity index (χ1v) is 8.29. The maximum absolute atomic E-state index is 12.9. The van der Waals surface area contributed by atoms with E-state index in [2.05, 4.69) is 0 Å². The van der Waals surface area contributed by atoms with Crippen molar-refractivity contribution in [1.29, 1.82) is 0 Å². The van der Waals surface area contributed by atoms with Gasteiger partial charge in [0.15, 0.2) is 0 Å². The van der Waals surface area contributed by atoms with Gasteiger partial charge in [-0.3, -0.25) is 9.59 Å². The van der Waals surface area contributed by atoms with Gasteiger partial charge in [-0.2, -0.15) is 0 Å². The number of hydrogen-bond donors (Lipinski definition) is 0.